The van der Waals surface area contributed by atoms with Crippen molar-refractivity contribution in [2.45, 2.75) is 25.4 Å². The molecular formula is C15H19N3. The van der Waals surface area contributed by atoms with Gasteiger partial charge in [0.1, 0.15) is 5.82 Å². The average Bonchev–Trinajstić information content (AvgIpc) is 3.16. The molecule has 1 fully saturated rings. The van der Waals surface area contributed by atoms with Crippen molar-refractivity contribution in [1.82, 2.24) is 14.9 Å². The second-order valence-corrected chi connectivity index (χ2v) is 5.00. The van der Waals surface area contributed by atoms with E-state index in [0.29, 0.717) is 6.04 Å². The smallest absolute Gasteiger partial charge is 0.139 e. The van der Waals surface area contributed by atoms with Gasteiger partial charge in [-0.05, 0) is 25.8 Å². The minimum Gasteiger partial charge on any atom is -0.329 e. The standard InChI is InChI=1S/C15H19N3/c1-16-14(12-7-8-12)11-18-10-9-17-15(18)13-5-3-2-4-6-13/h2-6,9-10,12,14,16H,7-8,11H2,1H3. The molecule has 3 heteroatoms. The molecule has 0 aliphatic heterocycles. The number of benzene rings is 1. The highest BCUT2D eigenvalue weighted by Crippen LogP contribution is 2.33. The molecule has 1 N–H and O–H groups in total. The fourth-order valence-electron chi connectivity index (χ4n) is 2.49. The van der Waals surface area contributed by atoms with Crippen LogP contribution in [0.3, 0.4) is 0 Å². The van der Waals surface area contributed by atoms with Crippen molar-refractivity contribution < 1.29 is 0 Å². The van der Waals surface area contributed by atoms with Gasteiger partial charge in [0.2, 0.25) is 0 Å². The fourth-order valence-corrected chi connectivity index (χ4v) is 2.49. The molecule has 3 rings (SSSR count). The van der Waals surface area contributed by atoms with Crippen LogP contribution in [-0.2, 0) is 6.54 Å². The lowest BCUT2D eigenvalue weighted by Gasteiger charge is -2.17. The first-order valence-electron chi connectivity index (χ1n) is 6.62. The van der Waals surface area contributed by atoms with Crippen LogP contribution in [-0.4, -0.2) is 22.6 Å². The lowest BCUT2D eigenvalue weighted by atomic mass is 10.1. The molecule has 0 spiro atoms. The zero-order valence-electron chi connectivity index (χ0n) is 10.7. The van der Waals surface area contributed by atoms with Gasteiger partial charge in [-0.25, -0.2) is 4.98 Å². The summed E-state index contributed by atoms with van der Waals surface area (Å²) in [5, 5.41) is 3.43. The van der Waals surface area contributed by atoms with Crippen molar-refractivity contribution in [1.29, 1.82) is 0 Å². The zero-order chi connectivity index (χ0) is 12.4. The Bertz CT molecular complexity index is 499. The van der Waals surface area contributed by atoms with Crippen LogP contribution in [0, 0.1) is 5.92 Å². The minimum atomic E-state index is 0.571. The summed E-state index contributed by atoms with van der Waals surface area (Å²) in [6.07, 6.45) is 6.69. The SMILES string of the molecule is CNC(Cn1ccnc1-c1ccccc1)C1CC1. The normalized spacial score (nSPS) is 16.7. The summed E-state index contributed by atoms with van der Waals surface area (Å²) in [5.74, 6) is 1.91. The Morgan fingerprint density at radius 2 is 2.11 bits per heavy atom. The minimum absolute atomic E-state index is 0.571. The van der Waals surface area contributed by atoms with Crippen molar-refractivity contribution in [3.63, 3.8) is 0 Å². The van der Waals surface area contributed by atoms with Crippen LogP contribution >= 0.6 is 0 Å². The highest BCUT2D eigenvalue weighted by molar-refractivity contribution is 5.55. The Hall–Kier alpha value is -1.61. The first-order chi connectivity index (χ1) is 8.88. The molecule has 94 valence electrons. The number of nitrogens with one attached hydrogen (secondary N) is 1. The second kappa shape index (κ2) is 4.94. The maximum Gasteiger partial charge on any atom is 0.139 e. The molecule has 1 unspecified atom stereocenters. The van der Waals surface area contributed by atoms with Crippen molar-refractivity contribution >= 4 is 0 Å². The summed E-state index contributed by atoms with van der Waals surface area (Å²) in [6, 6.07) is 11.0. The van der Waals surface area contributed by atoms with Gasteiger partial charge in [-0.1, -0.05) is 30.3 Å². The number of hydrogen-bond acceptors (Lipinski definition) is 2. The number of aromatic nitrogens is 2. The van der Waals surface area contributed by atoms with Crippen LogP contribution in [0.1, 0.15) is 12.8 Å². The Morgan fingerprint density at radius 3 is 2.78 bits per heavy atom. The Kier molecular flexibility index (Phi) is 3.15. The van der Waals surface area contributed by atoms with Gasteiger partial charge in [-0.2, -0.15) is 0 Å². The van der Waals surface area contributed by atoms with E-state index in [1.54, 1.807) is 0 Å². The number of hydrogen-bond donors (Lipinski definition) is 1. The molecule has 0 bridgehead atoms. The van der Waals surface area contributed by atoms with Crippen LogP contribution in [0.2, 0.25) is 0 Å². The lowest BCUT2D eigenvalue weighted by Crippen LogP contribution is -2.32. The number of rotatable bonds is 5. The molecule has 1 aliphatic carbocycles. The van der Waals surface area contributed by atoms with Gasteiger partial charge in [-0.3, -0.25) is 0 Å². The molecule has 18 heavy (non-hydrogen) atoms. The summed E-state index contributed by atoms with van der Waals surface area (Å²) in [6.45, 7) is 1.01. The third kappa shape index (κ3) is 2.31. The van der Waals surface area contributed by atoms with E-state index in [9.17, 15) is 0 Å². The van der Waals surface area contributed by atoms with E-state index < -0.39 is 0 Å². The van der Waals surface area contributed by atoms with Crippen LogP contribution in [0.15, 0.2) is 42.7 Å². The van der Waals surface area contributed by atoms with E-state index in [-0.39, 0.29) is 0 Å². The van der Waals surface area contributed by atoms with E-state index in [2.05, 4.69) is 52.4 Å². The third-order valence-electron chi connectivity index (χ3n) is 3.70. The molecule has 1 atom stereocenters. The Morgan fingerprint density at radius 1 is 1.33 bits per heavy atom. The molecule has 1 heterocycles. The summed E-state index contributed by atoms with van der Waals surface area (Å²) in [7, 11) is 2.06. The molecular weight excluding hydrogens is 222 g/mol. The Labute approximate surface area is 108 Å². The van der Waals surface area contributed by atoms with Gasteiger partial charge in [0.15, 0.2) is 0 Å². The Balaban J connectivity index is 1.83. The van der Waals surface area contributed by atoms with Gasteiger partial charge >= 0.3 is 0 Å². The first-order valence-corrected chi connectivity index (χ1v) is 6.62. The van der Waals surface area contributed by atoms with E-state index in [1.165, 1.54) is 18.4 Å². The van der Waals surface area contributed by atoms with Crippen LogP contribution < -0.4 is 5.32 Å². The largest absolute Gasteiger partial charge is 0.329 e. The fraction of sp³-hybridized carbons (Fsp3) is 0.400. The molecule has 1 aliphatic rings. The van der Waals surface area contributed by atoms with Crippen LogP contribution in [0.5, 0.6) is 0 Å². The van der Waals surface area contributed by atoms with Crippen molar-refractivity contribution in [3.8, 4) is 11.4 Å². The molecule has 0 saturated heterocycles. The molecule has 0 radical (unpaired) electrons. The topological polar surface area (TPSA) is 29.9 Å². The average molecular weight is 241 g/mol. The van der Waals surface area contributed by atoms with E-state index in [0.717, 1.165) is 18.3 Å². The van der Waals surface area contributed by atoms with Gasteiger partial charge in [0.05, 0.1) is 0 Å². The van der Waals surface area contributed by atoms with E-state index in [4.69, 9.17) is 0 Å². The summed E-state index contributed by atoms with van der Waals surface area (Å²) in [5.41, 5.74) is 1.19. The van der Waals surface area contributed by atoms with Crippen LogP contribution in [0.25, 0.3) is 11.4 Å². The van der Waals surface area contributed by atoms with Crippen LogP contribution in [0.4, 0.5) is 0 Å². The highest BCUT2D eigenvalue weighted by atomic mass is 15.1. The molecule has 0 amide bonds. The molecule has 1 saturated carbocycles. The predicted molar refractivity (Wildman–Crippen MR) is 73.2 cm³/mol. The molecule has 1 aromatic heterocycles. The number of nitrogens with zero attached hydrogens (tertiary/aromatic N) is 2. The highest BCUT2D eigenvalue weighted by Gasteiger charge is 2.30. The third-order valence-corrected chi connectivity index (χ3v) is 3.70. The van der Waals surface area contributed by atoms with Gasteiger partial charge in [0.25, 0.3) is 0 Å². The van der Waals surface area contributed by atoms with Gasteiger partial charge < -0.3 is 9.88 Å². The molecule has 2 aromatic rings. The van der Waals surface area contributed by atoms with Gasteiger partial charge in [-0.15, -0.1) is 0 Å². The van der Waals surface area contributed by atoms with Crippen molar-refractivity contribution in [2.24, 2.45) is 5.92 Å². The van der Waals surface area contributed by atoms with E-state index in [1.807, 2.05) is 12.3 Å². The second-order valence-electron chi connectivity index (χ2n) is 5.00. The first kappa shape index (κ1) is 11.5. The monoisotopic (exact) mass is 241 g/mol. The molecule has 1 aromatic carbocycles. The van der Waals surface area contributed by atoms with E-state index >= 15 is 0 Å². The summed E-state index contributed by atoms with van der Waals surface area (Å²) < 4.78 is 2.26. The lowest BCUT2D eigenvalue weighted by molar-refractivity contribution is 0.438. The van der Waals surface area contributed by atoms with Gasteiger partial charge in [0, 0.05) is 30.5 Å². The summed E-state index contributed by atoms with van der Waals surface area (Å²) in [4.78, 5) is 4.49. The zero-order valence-corrected chi connectivity index (χ0v) is 10.7. The van der Waals surface area contributed by atoms with Crippen molar-refractivity contribution in [3.05, 3.63) is 42.7 Å². The number of imidazole rings is 1. The number of likely N-dealkylation sites (N-methyl/N-ethyl adjacent to an activating group) is 1. The maximum absolute atomic E-state index is 4.49. The maximum atomic E-state index is 4.49. The molecule has 3 nitrogen and oxygen atoms in total. The summed E-state index contributed by atoms with van der Waals surface area (Å²) >= 11 is 0. The van der Waals surface area contributed by atoms with Crippen molar-refractivity contribution in [2.75, 3.05) is 7.05 Å². The predicted octanol–water partition coefficient (Wildman–Crippen LogP) is 2.55. The quantitative estimate of drug-likeness (QED) is 0.872.